The van der Waals surface area contributed by atoms with Gasteiger partial charge in [-0.25, -0.2) is 0 Å². The molecule has 0 bridgehead atoms. The lowest BCUT2D eigenvalue weighted by Gasteiger charge is -2.34. The highest BCUT2D eigenvalue weighted by Gasteiger charge is 2.31. The molecular formula is C17H33N3O2. The molecule has 128 valence electrons. The summed E-state index contributed by atoms with van der Waals surface area (Å²) in [6.45, 7) is 4.09. The molecule has 0 aromatic rings. The Morgan fingerprint density at radius 1 is 1.14 bits per heavy atom. The van der Waals surface area contributed by atoms with Gasteiger partial charge in [0.2, 0.25) is 11.8 Å². The number of piperidine rings is 1. The van der Waals surface area contributed by atoms with Crippen LogP contribution >= 0.6 is 0 Å². The van der Waals surface area contributed by atoms with E-state index >= 15 is 0 Å². The van der Waals surface area contributed by atoms with E-state index in [2.05, 4.69) is 12.2 Å². The number of amides is 2. The summed E-state index contributed by atoms with van der Waals surface area (Å²) in [5.41, 5.74) is 5.44. The van der Waals surface area contributed by atoms with Crippen LogP contribution in [0.15, 0.2) is 0 Å². The fourth-order valence-electron chi connectivity index (χ4n) is 2.96. The summed E-state index contributed by atoms with van der Waals surface area (Å²) in [6.07, 6.45) is 9.89. The molecule has 1 atom stereocenters. The van der Waals surface area contributed by atoms with Crippen LogP contribution < -0.4 is 11.1 Å². The average molecular weight is 311 g/mol. The van der Waals surface area contributed by atoms with Crippen molar-refractivity contribution < 1.29 is 9.59 Å². The largest absolute Gasteiger partial charge is 0.354 e. The Kier molecular flexibility index (Phi) is 9.87. The van der Waals surface area contributed by atoms with Gasteiger partial charge in [-0.15, -0.1) is 0 Å². The number of hydrogen-bond donors (Lipinski definition) is 2. The van der Waals surface area contributed by atoms with Crippen molar-refractivity contribution in [2.45, 2.75) is 77.2 Å². The second kappa shape index (κ2) is 11.5. The van der Waals surface area contributed by atoms with E-state index in [9.17, 15) is 9.59 Å². The highest BCUT2D eigenvalue weighted by atomic mass is 16.2. The van der Waals surface area contributed by atoms with E-state index < -0.39 is 0 Å². The lowest BCUT2D eigenvalue weighted by atomic mass is 10.00. The fourth-order valence-corrected chi connectivity index (χ4v) is 2.96. The van der Waals surface area contributed by atoms with Crippen molar-refractivity contribution in [1.29, 1.82) is 0 Å². The quantitative estimate of drug-likeness (QED) is 0.607. The molecule has 2 amide bonds. The smallest absolute Gasteiger partial charge is 0.242 e. The number of carbonyl (C=O) groups is 2. The van der Waals surface area contributed by atoms with Crippen molar-refractivity contribution in [2.75, 3.05) is 19.6 Å². The van der Waals surface area contributed by atoms with Crippen LogP contribution in [0.5, 0.6) is 0 Å². The molecule has 5 heteroatoms. The van der Waals surface area contributed by atoms with Gasteiger partial charge in [0.1, 0.15) is 6.04 Å². The normalized spacial score (nSPS) is 18.3. The average Bonchev–Trinajstić information content (AvgIpc) is 2.54. The minimum Gasteiger partial charge on any atom is -0.354 e. The predicted octanol–water partition coefficient (Wildman–Crippen LogP) is 2.19. The van der Waals surface area contributed by atoms with Gasteiger partial charge >= 0.3 is 0 Å². The van der Waals surface area contributed by atoms with Crippen LogP contribution in [-0.2, 0) is 9.59 Å². The summed E-state index contributed by atoms with van der Waals surface area (Å²) in [6, 6.07) is -0.269. The number of unbranched alkanes of at least 4 members (excludes halogenated alkanes) is 4. The summed E-state index contributed by atoms with van der Waals surface area (Å²) in [4.78, 5) is 26.5. The number of rotatable bonds is 10. The third kappa shape index (κ3) is 6.77. The van der Waals surface area contributed by atoms with E-state index in [-0.39, 0.29) is 17.9 Å². The van der Waals surface area contributed by atoms with Crippen LogP contribution in [0.3, 0.4) is 0 Å². The van der Waals surface area contributed by atoms with Gasteiger partial charge in [-0.2, -0.15) is 0 Å². The Bertz CT molecular complexity index is 334. The zero-order valence-electron chi connectivity index (χ0n) is 14.1. The Labute approximate surface area is 135 Å². The highest BCUT2D eigenvalue weighted by molar-refractivity contribution is 5.87. The minimum atomic E-state index is -0.269. The molecule has 1 heterocycles. The van der Waals surface area contributed by atoms with Crippen LogP contribution in [0.1, 0.15) is 71.1 Å². The van der Waals surface area contributed by atoms with Crippen LogP contribution in [0.2, 0.25) is 0 Å². The van der Waals surface area contributed by atoms with E-state index in [1.807, 2.05) is 0 Å². The van der Waals surface area contributed by atoms with Crippen LogP contribution in [0.4, 0.5) is 0 Å². The molecule has 0 unspecified atom stereocenters. The van der Waals surface area contributed by atoms with E-state index in [1.54, 1.807) is 4.90 Å². The van der Waals surface area contributed by atoms with Gasteiger partial charge < -0.3 is 16.0 Å². The number of nitrogens with two attached hydrogens (primary N) is 1. The molecule has 5 nitrogen and oxygen atoms in total. The van der Waals surface area contributed by atoms with Gasteiger partial charge in [-0.1, -0.05) is 32.6 Å². The van der Waals surface area contributed by atoms with Gasteiger partial charge in [0.15, 0.2) is 0 Å². The first kappa shape index (κ1) is 18.9. The summed E-state index contributed by atoms with van der Waals surface area (Å²) < 4.78 is 0. The topological polar surface area (TPSA) is 75.4 Å². The Balaban J connectivity index is 2.39. The first-order chi connectivity index (χ1) is 10.7. The second-order valence-electron chi connectivity index (χ2n) is 6.20. The first-order valence-electron chi connectivity index (χ1n) is 8.98. The summed E-state index contributed by atoms with van der Waals surface area (Å²) in [5, 5.41) is 2.91. The number of nitrogens with zero attached hydrogens (tertiary/aromatic N) is 1. The number of nitrogens with one attached hydrogen (secondary N) is 1. The molecule has 1 rings (SSSR count). The molecule has 0 spiro atoms. The maximum Gasteiger partial charge on any atom is 0.242 e. The monoisotopic (exact) mass is 311 g/mol. The molecule has 1 saturated heterocycles. The van der Waals surface area contributed by atoms with Crippen molar-refractivity contribution >= 4 is 11.8 Å². The number of carbonyl (C=O) groups excluding carboxylic acids is 2. The molecule has 0 aliphatic carbocycles. The molecule has 0 saturated carbocycles. The number of hydrogen-bond acceptors (Lipinski definition) is 3. The van der Waals surface area contributed by atoms with Crippen molar-refractivity contribution in [3.05, 3.63) is 0 Å². The molecule has 22 heavy (non-hydrogen) atoms. The van der Waals surface area contributed by atoms with Gasteiger partial charge in [0.25, 0.3) is 0 Å². The van der Waals surface area contributed by atoms with Crippen molar-refractivity contribution in [1.82, 2.24) is 10.2 Å². The van der Waals surface area contributed by atoms with Crippen LogP contribution in [0, 0.1) is 0 Å². The van der Waals surface area contributed by atoms with Gasteiger partial charge in [-0.05, 0) is 38.6 Å². The molecule has 0 aromatic heterocycles. The standard InChI is InChI=1S/C17H33N3O2/c1-2-3-4-5-6-11-16(21)20-14-8-7-10-15(20)17(22)19-13-9-12-18/h15H,2-14,18H2,1H3,(H,19,22)/t15-/m0/s1. The molecule has 0 radical (unpaired) electrons. The molecule has 1 aliphatic heterocycles. The predicted molar refractivity (Wildman–Crippen MR) is 89.4 cm³/mol. The molecule has 0 aromatic carbocycles. The van der Waals surface area contributed by atoms with E-state index in [4.69, 9.17) is 5.73 Å². The van der Waals surface area contributed by atoms with Crippen molar-refractivity contribution in [3.8, 4) is 0 Å². The van der Waals surface area contributed by atoms with Gasteiger partial charge in [0, 0.05) is 19.5 Å². The van der Waals surface area contributed by atoms with Gasteiger partial charge in [-0.3, -0.25) is 9.59 Å². The van der Waals surface area contributed by atoms with Gasteiger partial charge in [0.05, 0.1) is 0 Å². The third-order valence-corrected chi connectivity index (χ3v) is 4.30. The lowest BCUT2D eigenvalue weighted by molar-refractivity contribution is -0.142. The maximum absolute atomic E-state index is 12.4. The van der Waals surface area contributed by atoms with Crippen LogP contribution in [0.25, 0.3) is 0 Å². The third-order valence-electron chi connectivity index (χ3n) is 4.30. The Hall–Kier alpha value is -1.10. The maximum atomic E-state index is 12.4. The molecule has 1 aliphatic rings. The molecule has 3 N–H and O–H groups in total. The lowest BCUT2D eigenvalue weighted by Crippen LogP contribution is -2.52. The summed E-state index contributed by atoms with van der Waals surface area (Å²) in [5.74, 6) is 0.141. The first-order valence-corrected chi connectivity index (χ1v) is 8.98. The van der Waals surface area contributed by atoms with E-state index in [0.717, 1.165) is 45.1 Å². The van der Waals surface area contributed by atoms with E-state index in [0.29, 0.717) is 19.5 Å². The number of likely N-dealkylation sites (tertiary alicyclic amines) is 1. The molecule has 1 fully saturated rings. The summed E-state index contributed by atoms with van der Waals surface area (Å²) in [7, 11) is 0. The summed E-state index contributed by atoms with van der Waals surface area (Å²) >= 11 is 0. The van der Waals surface area contributed by atoms with Crippen molar-refractivity contribution in [2.24, 2.45) is 5.73 Å². The van der Waals surface area contributed by atoms with Crippen LogP contribution in [-0.4, -0.2) is 42.4 Å². The second-order valence-corrected chi connectivity index (χ2v) is 6.20. The minimum absolute atomic E-state index is 0.00696. The highest BCUT2D eigenvalue weighted by Crippen LogP contribution is 2.19. The molecular weight excluding hydrogens is 278 g/mol. The zero-order valence-corrected chi connectivity index (χ0v) is 14.1. The Morgan fingerprint density at radius 3 is 2.64 bits per heavy atom. The van der Waals surface area contributed by atoms with Crippen molar-refractivity contribution in [3.63, 3.8) is 0 Å². The fraction of sp³-hybridized carbons (Fsp3) is 0.882. The van der Waals surface area contributed by atoms with E-state index in [1.165, 1.54) is 19.3 Å². The zero-order chi connectivity index (χ0) is 16.2. The Morgan fingerprint density at radius 2 is 1.91 bits per heavy atom. The SMILES string of the molecule is CCCCCCCC(=O)N1CCCC[C@H]1C(=O)NCCCN.